The molecule has 6 nitrogen and oxygen atoms in total. The molecule has 34 heavy (non-hydrogen) atoms. The molecule has 0 bridgehead atoms. The summed E-state index contributed by atoms with van der Waals surface area (Å²) in [5, 5.41) is 4.90. The number of nitrogens with one attached hydrogen (secondary N) is 1. The Balaban J connectivity index is 1.42. The number of fused-ring (bicyclic) bond motifs is 1. The molecule has 4 aromatic rings. The second-order valence-electron chi connectivity index (χ2n) is 8.65. The highest BCUT2D eigenvalue weighted by molar-refractivity contribution is 7.17. The molecule has 1 atom stereocenters. The Kier molecular flexibility index (Phi) is 6.15. The SMILES string of the molecule is Cc1ccc(CNC(=O)[C@@H]2CCCN(c3nc4ccsc4c(=O)n3-c3ccc(F)cc3)C2)cc1. The van der Waals surface area contributed by atoms with Gasteiger partial charge in [0.2, 0.25) is 11.9 Å². The number of carbonyl (C=O) groups excluding carboxylic acids is 1. The van der Waals surface area contributed by atoms with Gasteiger partial charge in [0.05, 0.1) is 17.1 Å². The molecule has 1 fully saturated rings. The predicted molar refractivity (Wildman–Crippen MR) is 133 cm³/mol. The third-order valence-electron chi connectivity index (χ3n) is 6.21. The molecule has 1 aliphatic heterocycles. The molecular weight excluding hydrogens is 451 g/mol. The van der Waals surface area contributed by atoms with Gasteiger partial charge in [0.15, 0.2) is 0 Å². The summed E-state index contributed by atoms with van der Waals surface area (Å²) in [6.45, 7) is 3.66. The van der Waals surface area contributed by atoms with Crippen LogP contribution in [0.5, 0.6) is 0 Å². The van der Waals surface area contributed by atoms with Gasteiger partial charge >= 0.3 is 0 Å². The van der Waals surface area contributed by atoms with E-state index in [4.69, 9.17) is 4.98 Å². The Hall–Kier alpha value is -3.52. The molecule has 1 aliphatic rings. The highest BCUT2D eigenvalue weighted by atomic mass is 32.1. The van der Waals surface area contributed by atoms with Gasteiger partial charge in [-0.25, -0.2) is 13.9 Å². The van der Waals surface area contributed by atoms with Crippen molar-refractivity contribution in [2.45, 2.75) is 26.3 Å². The van der Waals surface area contributed by atoms with Gasteiger partial charge in [-0.15, -0.1) is 11.3 Å². The topological polar surface area (TPSA) is 67.2 Å². The third kappa shape index (κ3) is 4.46. The number of halogens is 1. The Bertz CT molecular complexity index is 1380. The van der Waals surface area contributed by atoms with Crippen molar-refractivity contribution < 1.29 is 9.18 Å². The molecule has 3 heterocycles. The van der Waals surface area contributed by atoms with Crippen LogP contribution in [-0.4, -0.2) is 28.5 Å². The first-order valence-corrected chi connectivity index (χ1v) is 12.2. The van der Waals surface area contributed by atoms with Crippen LogP contribution in [0.1, 0.15) is 24.0 Å². The Morgan fingerprint density at radius 3 is 2.68 bits per heavy atom. The van der Waals surface area contributed by atoms with Crippen LogP contribution in [0.25, 0.3) is 15.9 Å². The van der Waals surface area contributed by atoms with E-state index in [1.165, 1.54) is 33.6 Å². The first-order valence-electron chi connectivity index (χ1n) is 11.3. The number of hydrogen-bond donors (Lipinski definition) is 1. The summed E-state index contributed by atoms with van der Waals surface area (Å²) >= 11 is 1.34. The number of anilines is 1. The summed E-state index contributed by atoms with van der Waals surface area (Å²) < 4.78 is 15.6. The average Bonchev–Trinajstić information content (AvgIpc) is 3.33. The smallest absolute Gasteiger partial charge is 0.277 e. The van der Waals surface area contributed by atoms with E-state index >= 15 is 0 Å². The molecule has 0 saturated carbocycles. The number of rotatable bonds is 5. The van der Waals surface area contributed by atoms with Crippen molar-refractivity contribution in [3.8, 4) is 5.69 Å². The number of nitrogens with zero attached hydrogens (tertiary/aromatic N) is 3. The van der Waals surface area contributed by atoms with Crippen LogP contribution in [0, 0.1) is 18.7 Å². The van der Waals surface area contributed by atoms with E-state index < -0.39 is 0 Å². The summed E-state index contributed by atoms with van der Waals surface area (Å²) in [7, 11) is 0. The number of amides is 1. The van der Waals surface area contributed by atoms with E-state index in [9.17, 15) is 14.0 Å². The summed E-state index contributed by atoms with van der Waals surface area (Å²) in [5.74, 6) is -0.0983. The van der Waals surface area contributed by atoms with Crippen LogP contribution >= 0.6 is 11.3 Å². The Morgan fingerprint density at radius 1 is 1.15 bits per heavy atom. The molecule has 0 radical (unpaired) electrons. The fraction of sp³-hybridized carbons (Fsp3) is 0.269. The quantitative estimate of drug-likeness (QED) is 0.463. The van der Waals surface area contributed by atoms with Gasteiger partial charge in [-0.1, -0.05) is 29.8 Å². The molecule has 0 unspecified atom stereocenters. The van der Waals surface area contributed by atoms with Gasteiger partial charge in [-0.2, -0.15) is 0 Å². The lowest BCUT2D eigenvalue weighted by Gasteiger charge is -2.34. The van der Waals surface area contributed by atoms with Gasteiger partial charge < -0.3 is 10.2 Å². The zero-order valence-electron chi connectivity index (χ0n) is 18.8. The average molecular weight is 477 g/mol. The van der Waals surface area contributed by atoms with Gasteiger partial charge in [0, 0.05) is 19.6 Å². The van der Waals surface area contributed by atoms with Crippen molar-refractivity contribution in [3.63, 3.8) is 0 Å². The molecule has 0 spiro atoms. The van der Waals surface area contributed by atoms with Crippen molar-refractivity contribution in [3.05, 3.63) is 87.3 Å². The third-order valence-corrected chi connectivity index (χ3v) is 7.10. The molecule has 0 aliphatic carbocycles. The van der Waals surface area contributed by atoms with Crippen molar-refractivity contribution in [2.75, 3.05) is 18.0 Å². The van der Waals surface area contributed by atoms with Crippen molar-refractivity contribution in [2.24, 2.45) is 5.92 Å². The number of thiophene rings is 1. The monoisotopic (exact) mass is 476 g/mol. The number of aromatic nitrogens is 2. The number of hydrogen-bond acceptors (Lipinski definition) is 5. The van der Waals surface area contributed by atoms with Crippen molar-refractivity contribution in [1.29, 1.82) is 0 Å². The molecule has 2 aromatic heterocycles. The van der Waals surface area contributed by atoms with Gasteiger partial charge in [-0.3, -0.25) is 9.59 Å². The van der Waals surface area contributed by atoms with E-state index in [2.05, 4.69) is 5.32 Å². The van der Waals surface area contributed by atoms with Gasteiger partial charge in [0.25, 0.3) is 5.56 Å². The minimum Gasteiger partial charge on any atom is -0.352 e. The molecule has 2 aromatic carbocycles. The second kappa shape index (κ2) is 9.38. The predicted octanol–water partition coefficient (Wildman–Crippen LogP) is 4.43. The minimum atomic E-state index is -0.369. The fourth-order valence-electron chi connectivity index (χ4n) is 4.35. The lowest BCUT2D eigenvalue weighted by molar-refractivity contribution is -0.125. The van der Waals surface area contributed by atoms with Crippen LogP contribution in [0.3, 0.4) is 0 Å². The number of carbonyl (C=O) groups is 1. The Morgan fingerprint density at radius 2 is 1.91 bits per heavy atom. The lowest BCUT2D eigenvalue weighted by atomic mass is 9.97. The maximum Gasteiger partial charge on any atom is 0.277 e. The van der Waals surface area contributed by atoms with E-state index in [1.807, 2.05) is 47.5 Å². The minimum absolute atomic E-state index is 0.00225. The molecule has 8 heteroatoms. The number of benzene rings is 2. The number of piperidine rings is 1. The van der Waals surface area contributed by atoms with Crippen LogP contribution in [0.2, 0.25) is 0 Å². The zero-order chi connectivity index (χ0) is 23.7. The number of aryl methyl sites for hydroxylation is 1. The summed E-state index contributed by atoms with van der Waals surface area (Å²) in [6, 6.07) is 15.8. The first-order chi connectivity index (χ1) is 16.5. The van der Waals surface area contributed by atoms with E-state index in [0.29, 0.717) is 41.5 Å². The largest absolute Gasteiger partial charge is 0.352 e. The lowest BCUT2D eigenvalue weighted by Crippen LogP contribution is -2.45. The molecule has 1 amide bonds. The molecular formula is C26H25FN4O2S. The van der Waals surface area contributed by atoms with Crippen LogP contribution in [0.4, 0.5) is 10.3 Å². The maximum atomic E-state index is 13.6. The van der Waals surface area contributed by atoms with E-state index in [-0.39, 0.29) is 23.2 Å². The summed E-state index contributed by atoms with van der Waals surface area (Å²) in [6.07, 6.45) is 1.58. The summed E-state index contributed by atoms with van der Waals surface area (Å²) in [4.78, 5) is 33.1. The van der Waals surface area contributed by atoms with Gasteiger partial charge in [0.1, 0.15) is 10.5 Å². The first kappa shape index (κ1) is 22.3. The molecule has 1 N–H and O–H groups in total. The van der Waals surface area contributed by atoms with Crippen LogP contribution < -0.4 is 15.8 Å². The van der Waals surface area contributed by atoms with E-state index in [1.54, 1.807) is 12.1 Å². The van der Waals surface area contributed by atoms with Gasteiger partial charge in [-0.05, 0) is 61.0 Å². The van der Waals surface area contributed by atoms with Crippen LogP contribution in [0.15, 0.2) is 64.8 Å². The van der Waals surface area contributed by atoms with E-state index in [0.717, 1.165) is 18.4 Å². The van der Waals surface area contributed by atoms with Crippen molar-refractivity contribution in [1.82, 2.24) is 14.9 Å². The normalized spacial score (nSPS) is 16.1. The summed E-state index contributed by atoms with van der Waals surface area (Å²) in [5.41, 5.74) is 3.23. The van der Waals surface area contributed by atoms with Crippen LogP contribution in [-0.2, 0) is 11.3 Å². The highest BCUT2D eigenvalue weighted by Crippen LogP contribution is 2.26. The second-order valence-corrected chi connectivity index (χ2v) is 9.57. The molecule has 174 valence electrons. The molecule has 1 saturated heterocycles. The maximum absolute atomic E-state index is 13.6. The highest BCUT2D eigenvalue weighted by Gasteiger charge is 2.29. The van der Waals surface area contributed by atoms with Crippen molar-refractivity contribution >= 4 is 33.4 Å². The molecule has 5 rings (SSSR count). The zero-order valence-corrected chi connectivity index (χ0v) is 19.6. The standard InChI is InChI=1S/C26H25FN4O2S/c1-17-4-6-18(7-5-17)15-28-24(32)19-3-2-13-30(16-19)26-29-22-12-14-34-23(22)25(33)31(26)21-10-8-20(27)9-11-21/h4-12,14,19H,2-3,13,15-16H2,1H3,(H,28,32)/t19-/m1/s1. The Labute approximate surface area is 200 Å². The fourth-order valence-corrected chi connectivity index (χ4v) is 5.11.